The molecule has 0 spiro atoms. The molecule has 0 unspecified atom stereocenters. The lowest BCUT2D eigenvalue weighted by Crippen LogP contribution is -2.52. The van der Waals surface area contributed by atoms with Crippen LogP contribution in [0, 0.1) is 5.82 Å². The van der Waals surface area contributed by atoms with Gasteiger partial charge >= 0.3 is 6.18 Å². The van der Waals surface area contributed by atoms with Crippen molar-refractivity contribution in [3.8, 4) is 5.75 Å². The van der Waals surface area contributed by atoms with Gasteiger partial charge in [0.2, 0.25) is 5.91 Å². The molecule has 1 fully saturated rings. The van der Waals surface area contributed by atoms with Gasteiger partial charge in [-0.1, -0.05) is 12.1 Å². The molecule has 0 aliphatic carbocycles. The molecule has 9 heteroatoms. The van der Waals surface area contributed by atoms with E-state index in [0.717, 1.165) is 12.1 Å². The Kier molecular flexibility index (Phi) is 6.59. The molecule has 0 saturated carbocycles. The summed E-state index contributed by atoms with van der Waals surface area (Å²) in [6.07, 6.45) is -4.27. The van der Waals surface area contributed by atoms with E-state index in [1.165, 1.54) is 24.3 Å². The Labute approximate surface area is 170 Å². The molecule has 1 heterocycles. The lowest BCUT2D eigenvalue weighted by Gasteiger charge is -2.34. The summed E-state index contributed by atoms with van der Waals surface area (Å²) in [4.78, 5) is 27.8. The SMILES string of the molecule is O=C(COc1ccc(C(F)(F)F)cc1)N1CCN(C(=O)Cc2ccc(F)cc2)CC1. The molecule has 30 heavy (non-hydrogen) atoms. The van der Waals surface area contributed by atoms with Crippen LogP contribution >= 0.6 is 0 Å². The summed E-state index contributed by atoms with van der Waals surface area (Å²) in [6.45, 7) is 1.11. The van der Waals surface area contributed by atoms with Crippen LogP contribution in [0.2, 0.25) is 0 Å². The topological polar surface area (TPSA) is 49.9 Å². The van der Waals surface area contributed by atoms with Gasteiger partial charge in [0.25, 0.3) is 5.91 Å². The van der Waals surface area contributed by atoms with Gasteiger partial charge in [0.05, 0.1) is 12.0 Å². The fourth-order valence-corrected chi connectivity index (χ4v) is 3.07. The quantitative estimate of drug-likeness (QED) is 0.693. The van der Waals surface area contributed by atoms with Gasteiger partial charge in [-0.3, -0.25) is 9.59 Å². The first kappa shape index (κ1) is 21.6. The number of hydrogen-bond acceptors (Lipinski definition) is 3. The van der Waals surface area contributed by atoms with Crippen LogP contribution in [0.4, 0.5) is 17.6 Å². The summed E-state index contributed by atoms with van der Waals surface area (Å²) >= 11 is 0. The Balaban J connectivity index is 1.43. The van der Waals surface area contributed by atoms with E-state index in [9.17, 15) is 27.2 Å². The van der Waals surface area contributed by atoms with Crippen LogP contribution in [0.15, 0.2) is 48.5 Å². The van der Waals surface area contributed by atoms with Gasteiger partial charge < -0.3 is 14.5 Å². The summed E-state index contributed by atoms with van der Waals surface area (Å²) < 4.78 is 55.9. The molecule has 2 aromatic carbocycles. The standard InChI is InChI=1S/C21H20F4N2O3/c22-17-5-1-15(2-6-17)13-19(28)26-9-11-27(12-10-26)20(29)14-30-18-7-3-16(4-8-18)21(23,24)25/h1-8H,9-14H2. The number of alkyl halides is 3. The maximum absolute atomic E-state index is 12.9. The summed E-state index contributed by atoms with van der Waals surface area (Å²) in [5.74, 6) is -0.600. The number of carbonyl (C=O) groups is 2. The third-order valence-electron chi connectivity index (χ3n) is 4.80. The zero-order valence-electron chi connectivity index (χ0n) is 16.0. The maximum atomic E-state index is 12.9. The highest BCUT2D eigenvalue weighted by Crippen LogP contribution is 2.30. The number of carbonyl (C=O) groups excluding carboxylic acids is 2. The molecule has 5 nitrogen and oxygen atoms in total. The molecule has 1 saturated heterocycles. The Hall–Kier alpha value is -3.10. The molecule has 0 bridgehead atoms. The number of nitrogens with zero attached hydrogens (tertiary/aromatic N) is 2. The molecule has 2 amide bonds. The lowest BCUT2D eigenvalue weighted by atomic mass is 10.1. The molecule has 160 valence electrons. The number of halogens is 4. The number of piperazine rings is 1. The normalized spacial score (nSPS) is 14.5. The number of amides is 2. The van der Waals surface area contributed by atoms with Gasteiger partial charge in [-0.25, -0.2) is 4.39 Å². The molecule has 1 aliphatic rings. The van der Waals surface area contributed by atoms with Crippen molar-refractivity contribution in [2.75, 3.05) is 32.8 Å². The summed E-state index contributed by atoms with van der Waals surface area (Å²) in [5.41, 5.74) is -0.0764. The smallest absolute Gasteiger partial charge is 0.416 e. The third-order valence-corrected chi connectivity index (χ3v) is 4.80. The zero-order chi connectivity index (χ0) is 21.7. The number of hydrogen-bond donors (Lipinski definition) is 0. The monoisotopic (exact) mass is 424 g/mol. The van der Waals surface area contributed by atoms with Crippen LogP contribution in [0.25, 0.3) is 0 Å². The molecule has 3 rings (SSSR count). The van der Waals surface area contributed by atoms with Crippen molar-refractivity contribution in [3.63, 3.8) is 0 Å². The van der Waals surface area contributed by atoms with E-state index >= 15 is 0 Å². The van der Waals surface area contributed by atoms with E-state index in [2.05, 4.69) is 0 Å². The molecule has 2 aromatic rings. The van der Waals surface area contributed by atoms with E-state index in [-0.39, 0.29) is 36.4 Å². The second-order valence-corrected chi connectivity index (χ2v) is 6.88. The van der Waals surface area contributed by atoms with Crippen LogP contribution in [-0.2, 0) is 22.2 Å². The van der Waals surface area contributed by atoms with Crippen molar-refractivity contribution < 1.29 is 31.9 Å². The number of ether oxygens (including phenoxy) is 1. The van der Waals surface area contributed by atoms with Gasteiger partial charge in [0.1, 0.15) is 11.6 Å². The van der Waals surface area contributed by atoms with E-state index in [1.54, 1.807) is 21.9 Å². The molecule has 0 radical (unpaired) electrons. The predicted molar refractivity (Wildman–Crippen MR) is 100 cm³/mol. The minimum absolute atomic E-state index is 0.102. The van der Waals surface area contributed by atoms with Crippen molar-refractivity contribution in [2.45, 2.75) is 12.6 Å². The Morgan fingerprint density at radius 1 is 0.833 bits per heavy atom. The van der Waals surface area contributed by atoms with Gasteiger partial charge in [-0.15, -0.1) is 0 Å². The zero-order valence-corrected chi connectivity index (χ0v) is 16.0. The Morgan fingerprint density at radius 3 is 1.90 bits per heavy atom. The first-order chi connectivity index (χ1) is 14.2. The van der Waals surface area contributed by atoms with E-state index in [1.807, 2.05) is 0 Å². The van der Waals surface area contributed by atoms with Crippen LogP contribution in [0.1, 0.15) is 11.1 Å². The first-order valence-corrected chi connectivity index (χ1v) is 9.32. The molecule has 0 atom stereocenters. The van der Waals surface area contributed by atoms with Crippen LogP contribution in [0.5, 0.6) is 5.75 Å². The summed E-state index contributed by atoms with van der Waals surface area (Å²) in [5, 5.41) is 0. The molecule has 0 aromatic heterocycles. The first-order valence-electron chi connectivity index (χ1n) is 9.32. The van der Waals surface area contributed by atoms with Gasteiger partial charge in [0.15, 0.2) is 6.61 Å². The third kappa shape index (κ3) is 5.71. The fraction of sp³-hybridized carbons (Fsp3) is 0.333. The minimum Gasteiger partial charge on any atom is -0.484 e. The number of benzene rings is 2. The van der Waals surface area contributed by atoms with E-state index in [4.69, 9.17) is 4.74 Å². The second kappa shape index (κ2) is 9.15. The molecular formula is C21H20F4N2O3. The lowest BCUT2D eigenvalue weighted by molar-refractivity contribution is -0.140. The van der Waals surface area contributed by atoms with E-state index < -0.39 is 11.7 Å². The van der Waals surface area contributed by atoms with Crippen molar-refractivity contribution in [3.05, 3.63) is 65.5 Å². The molecule has 0 N–H and O–H groups in total. The highest BCUT2D eigenvalue weighted by molar-refractivity contribution is 5.80. The van der Waals surface area contributed by atoms with Gasteiger partial charge in [-0.2, -0.15) is 13.2 Å². The van der Waals surface area contributed by atoms with E-state index in [0.29, 0.717) is 31.7 Å². The highest BCUT2D eigenvalue weighted by Gasteiger charge is 2.30. The Bertz CT molecular complexity index is 875. The van der Waals surface area contributed by atoms with Gasteiger partial charge in [-0.05, 0) is 42.0 Å². The van der Waals surface area contributed by atoms with Crippen LogP contribution < -0.4 is 4.74 Å². The van der Waals surface area contributed by atoms with Crippen LogP contribution in [-0.4, -0.2) is 54.4 Å². The maximum Gasteiger partial charge on any atom is 0.416 e. The van der Waals surface area contributed by atoms with Crippen molar-refractivity contribution in [1.29, 1.82) is 0 Å². The number of rotatable bonds is 5. The summed E-state index contributed by atoms with van der Waals surface area (Å²) in [6, 6.07) is 9.85. The molecule has 1 aliphatic heterocycles. The largest absolute Gasteiger partial charge is 0.484 e. The Morgan fingerprint density at radius 2 is 1.37 bits per heavy atom. The van der Waals surface area contributed by atoms with Crippen molar-refractivity contribution in [1.82, 2.24) is 9.80 Å². The summed E-state index contributed by atoms with van der Waals surface area (Å²) in [7, 11) is 0. The highest BCUT2D eigenvalue weighted by atomic mass is 19.4. The average Bonchev–Trinajstić information content (AvgIpc) is 2.73. The van der Waals surface area contributed by atoms with Gasteiger partial charge in [0, 0.05) is 26.2 Å². The molecular weight excluding hydrogens is 404 g/mol. The fourth-order valence-electron chi connectivity index (χ4n) is 3.07. The van der Waals surface area contributed by atoms with Crippen molar-refractivity contribution >= 4 is 11.8 Å². The average molecular weight is 424 g/mol. The predicted octanol–water partition coefficient (Wildman–Crippen LogP) is 3.14. The van der Waals surface area contributed by atoms with Crippen molar-refractivity contribution in [2.24, 2.45) is 0 Å². The van der Waals surface area contributed by atoms with Crippen LogP contribution in [0.3, 0.4) is 0 Å². The minimum atomic E-state index is -4.43. The second-order valence-electron chi connectivity index (χ2n) is 6.88.